The van der Waals surface area contributed by atoms with Crippen LogP contribution < -0.4 is 20.4 Å². The molecule has 6 aromatic rings. The van der Waals surface area contributed by atoms with Gasteiger partial charge >= 0.3 is 0 Å². The number of imidazole rings is 2. The molecule has 4 fully saturated rings. The molecule has 0 aliphatic carbocycles. The molecule has 6 heterocycles. The van der Waals surface area contributed by atoms with E-state index in [4.69, 9.17) is 0 Å². The van der Waals surface area contributed by atoms with Gasteiger partial charge in [-0.3, -0.25) is 0 Å². The molecule has 4 aliphatic heterocycles. The van der Waals surface area contributed by atoms with E-state index in [0.29, 0.717) is 24.7 Å². The molecule has 0 bridgehead atoms. The third-order valence-corrected chi connectivity index (χ3v) is 13.0. The van der Waals surface area contributed by atoms with Crippen LogP contribution in [0.5, 0.6) is 0 Å². The summed E-state index contributed by atoms with van der Waals surface area (Å²) in [6, 6.07) is 31.2. The summed E-state index contributed by atoms with van der Waals surface area (Å²) >= 11 is 0. The van der Waals surface area contributed by atoms with E-state index in [9.17, 15) is 0 Å². The fraction of sp³-hybridized carbons (Fsp3) is 0.362. The molecule has 4 saturated heterocycles. The minimum atomic E-state index is -0.503. The van der Waals surface area contributed by atoms with Crippen LogP contribution in [0.15, 0.2) is 103 Å². The molecule has 4 N–H and O–H groups in total. The summed E-state index contributed by atoms with van der Waals surface area (Å²) in [6.07, 6.45) is 11.8. The van der Waals surface area contributed by atoms with E-state index < -0.39 is 11.6 Å². The van der Waals surface area contributed by atoms with Crippen molar-refractivity contribution in [2.45, 2.75) is 81.5 Å². The highest BCUT2D eigenvalue weighted by atomic mass is 19.1. The molecule has 4 aromatic carbocycles. The fourth-order valence-corrected chi connectivity index (χ4v) is 9.92. The molecule has 0 unspecified atom stereocenters. The number of aromatic nitrogens is 4. The fourth-order valence-electron chi connectivity index (χ4n) is 9.92. The Hall–Kier alpha value is -5.32. The van der Waals surface area contributed by atoms with Gasteiger partial charge in [0.1, 0.15) is 17.3 Å². The van der Waals surface area contributed by atoms with Crippen LogP contribution in [0, 0.1) is 11.6 Å². The summed E-state index contributed by atoms with van der Waals surface area (Å²) in [4.78, 5) is 20.6. The summed E-state index contributed by atoms with van der Waals surface area (Å²) in [5.74, 6) is 1.35. The highest BCUT2D eigenvalue weighted by Gasteiger charge is 2.37. The Labute approximate surface area is 333 Å². The van der Waals surface area contributed by atoms with Gasteiger partial charge in [0.25, 0.3) is 0 Å². The van der Waals surface area contributed by atoms with Gasteiger partial charge in [-0.25, -0.2) is 18.7 Å². The molecule has 4 aliphatic rings. The zero-order valence-electron chi connectivity index (χ0n) is 32.2. The Morgan fingerprint density at radius 2 is 1.07 bits per heavy atom. The smallest absolute Gasteiger partial charge is 0.151 e. The maximum absolute atomic E-state index is 16.4. The minimum absolute atomic E-state index is 0.0657. The van der Waals surface area contributed by atoms with Crippen molar-refractivity contribution in [2.24, 2.45) is 0 Å². The Bertz CT molecular complexity index is 2150. The van der Waals surface area contributed by atoms with E-state index in [2.05, 4.69) is 108 Å². The zero-order valence-corrected chi connectivity index (χ0v) is 32.2. The number of aromatic amines is 2. The largest absolute Gasteiger partial charge is 0.367 e. The van der Waals surface area contributed by atoms with Gasteiger partial charge in [0.2, 0.25) is 0 Å². The predicted octanol–water partition coefficient (Wildman–Crippen LogP) is 10.1. The van der Waals surface area contributed by atoms with Gasteiger partial charge in [-0.15, -0.1) is 0 Å². The predicted molar refractivity (Wildman–Crippen MR) is 222 cm³/mol. The summed E-state index contributed by atoms with van der Waals surface area (Å²) < 4.78 is 32.8. The van der Waals surface area contributed by atoms with Gasteiger partial charge in [0, 0.05) is 18.8 Å². The van der Waals surface area contributed by atoms with E-state index in [0.717, 1.165) is 110 Å². The summed E-state index contributed by atoms with van der Waals surface area (Å²) in [6.45, 7) is 3.27. The molecule has 2 aromatic heterocycles. The molecule has 57 heavy (non-hydrogen) atoms. The molecule has 10 heteroatoms. The van der Waals surface area contributed by atoms with E-state index in [1.54, 1.807) is 12.1 Å². The number of nitrogens with zero attached hydrogens (tertiary/aromatic N) is 4. The van der Waals surface area contributed by atoms with Gasteiger partial charge in [0.05, 0.1) is 47.9 Å². The second-order valence-electron chi connectivity index (χ2n) is 16.4. The van der Waals surface area contributed by atoms with E-state index in [-0.39, 0.29) is 29.9 Å². The molecular weight excluding hydrogens is 715 g/mol. The number of rotatable bonds is 9. The number of hydrogen-bond donors (Lipinski definition) is 4. The Balaban J connectivity index is 0.937. The Kier molecular flexibility index (Phi) is 9.84. The van der Waals surface area contributed by atoms with Crippen molar-refractivity contribution in [2.75, 3.05) is 36.0 Å². The molecule has 292 valence electrons. The van der Waals surface area contributed by atoms with Crippen LogP contribution in [-0.2, 0) is 0 Å². The molecule has 0 radical (unpaired) electrons. The van der Waals surface area contributed by atoms with Gasteiger partial charge in [0.15, 0.2) is 11.6 Å². The number of benzene rings is 4. The molecule has 8 nitrogen and oxygen atoms in total. The quantitative estimate of drug-likeness (QED) is 0.117. The van der Waals surface area contributed by atoms with Crippen molar-refractivity contribution in [1.82, 2.24) is 30.6 Å². The number of anilines is 2. The third-order valence-electron chi connectivity index (χ3n) is 13.0. The average Bonchev–Trinajstić information content (AvgIpc) is 4.11. The lowest BCUT2D eigenvalue weighted by atomic mass is 9.89. The van der Waals surface area contributed by atoms with Crippen molar-refractivity contribution in [3.05, 3.63) is 143 Å². The SMILES string of the molecule is Fc1cc(N2[C@@H](c3ccc(-c4cnc([C@@H]5CCCN5)[nH]4)cc3)CC[C@@H]2c2ccc(-c3cnc([C@@H]4CCCN4)[nH]3)cc2)cc(F)c1N1CCC(c2ccccc2)CC1. The lowest BCUT2D eigenvalue weighted by Crippen LogP contribution is -2.34. The normalized spacial score (nSPS) is 22.8. The first-order valence-electron chi connectivity index (χ1n) is 20.9. The molecule has 0 spiro atoms. The highest BCUT2D eigenvalue weighted by molar-refractivity contribution is 5.64. The number of halogens is 2. The first kappa shape index (κ1) is 36.0. The topological polar surface area (TPSA) is 87.9 Å². The first-order valence-corrected chi connectivity index (χ1v) is 20.9. The van der Waals surface area contributed by atoms with E-state index in [1.807, 2.05) is 23.4 Å². The van der Waals surface area contributed by atoms with Gasteiger partial charge in [-0.2, -0.15) is 0 Å². The van der Waals surface area contributed by atoms with Crippen LogP contribution in [0.1, 0.15) is 110 Å². The van der Waals surface area contributed by atoms with Crippen molar-refractivity contribution in [3.8, 4) is 22.5 Å². The minimum Gasteiger partial charge on any atom is -0.367 e. The standard InChI is InChI=1S/C47H50F2N8/c48-37-26-36(27-38(49)45(37)56-24-20-31(21-25-56)30-6-2-1-3-7-30)57-43(34-14-10-32(11-15-34)41-28-52-46(54-41)39-8-4-22-50-39)18-19-44(57)35-16-12-33(13-17-35)42-29-53-47(55-42)40-9-5-23-51-40/h1-3,6-7,10-17,26-29,31,39-40,43-44,50-51H,4-5,8-9,18-25H2,(H,52,54)(H,53,55)/t39-,40-,43+,44+/m0/s1. The lowest BCUT2D eigenvalue weighted by Gasteiger charge is -2.36. The van der Waals surface area contributed by atoms with Crippen molar-refractivity contribution >= 4 is 11.4 Å². The van der Waals surface area contributed by atoms with Crippen LogP contribution in [0.25, 0.3) is 22.5 Å². The third kappa shape index (κ3) is 7.14. The second-order valence-corrected chi connectivity index (χ2v) is 16.4. The Morgan fingerprint density at radius 1 is 0.561 bits per heavy atom. The van der Waals surface area contributed by atoms with Gasteiger partial charge < -0.3 is 30.4 Å². The number of H-pyrrole nitrogens is 2. The maximum Gasteiger partial charge on any atom is 0.151 e. The van der Waals surface area contributed by atoms with Crippen LogP contribution in [-0.4, -0.2) is 46.1 Å². The highest BCUT2D eigenvalue weighted by Crippen LogP contribution is 2.48. The molecular formula is C47H50F2N8. The van der Waals surface area contributed by atoms with Crippen molar-refractivity contribution in [3.63, 3.8) is 0 Å². The van der Waals surface area contributed by atoms with Crippen LogP contribution >= 0.6 is 0 Å². The van der Waals surface area contributed by atoms with E-state index in [1.165, 1.54) is 5.56 Å². The molecule has 10 rings (SSSR count). The summed E-state index contributed by atoms with van der Waals surface area (Å²) in [7, 11) is 0. The van der Waals surface area contributed by atoms with Crippen LogP contribution in [0.2, 0.25) is 0 Å². The van der Waals surface area contributed by atoms with Crippen LogP contribution in [0.3, 0.4) is 0 Å². The average molecular weight is 765 g/mol. The van der Waals surface area contributed by atoms with E-state index >= 15 is 8.78 Å². The maximum atomic E-state index is 16.4. The zero-order chi connectivity index (χ0) is 38.3. The van der Waals surface area contributed by atoms with Gasteiger partial charge in [-0.1, -0.05) is 78.9 Å². The van der Waals surface area contributed by atoms with Crippen LogP contribution in [0.4, 0.5) is 20.2 Å². The molecule has 0 saturated carbocycles. The first-order chi connectivity index (χ1) is 28.1. The van der Waals surface area contributed by atoms with Crippen molar-refractivity contribution in [1.29, 1.82) is 0 Å². The number of nitrogens with one attached hydrogen (secondary N) is 4. The molecule has 4 atom stereocenters. The summed E-state index contributed by atoms with van der Waals surface area (Å²) in [5, 5.41) is 7.04. The lowest BCUT2D eigenvalue weighted by molar-refractivity contribution is 0.486. The Morgan fingerprint density at radius 3 is 1.54 bits per heavy atom. The number of hydrogen-bond acceptors (Lipinski definition) is 6. The van der Waals surface area contributed by atoms with Gasteiger partial charge in [-0.05, 0) is 110 Å². The molecule has 0 amide bonds. The van der Waals surface area contributed by atoms with Crippen molar-refractivity contribution < 1.29 is 8.78 Å². The number of piperidine rings is 1. The summed E-state index contributed by atoms with van der Waals surface area (Å²) in [5.41, 5.74) is 8.30. The second kappa shape index (κ2) is 15.6. The monoisotopic (exact) mass is 764 g/mol.